The molecule has 0 aliphatic carbocycles. The average molecular weight is 393 g/mol. The topological polar surface area (TPSA) is 57.0 Å². The minimum Gasteiger partial charge on any atom is -0.460 e. The Morgan fingerprint density at radius 3 is 2.11 bits per heavy atom. The van der Waals surface area contributed by atoms with Gasteiger partial charge in [-0.2, -0.15) is 26.3 Å². The number of esters is 1. The van der Waals surface area contributed by atoms with E-state index in [1.165, 1.54) is 0 Å². The van der Waals surface area contributed by atoms with E-state index in [2.05, 4.69) is 10.1 Å². The van der Waals surface area contributed by atoms with E-state index in [1.807, 2.05) is 0 Å². The summed E-state index contributed by atoms with van der Waals surface area (Å²) in [5, 5.41) is 3.75. The Hall–Kier alpha value is -2.85. The summed E-state index contributed by atoms with van der Waals surface area (Å²) >= 11 is 0. The van der Waals surface area contributed by atoms with Crippen molar-refractivity contribution in [3.8, 4) is 11.4 Å². The van der Waals surface area contributed by atoms with Crippen molar-refractivity contribution in [2.24, 2.45) is 0 Å². The standard InChI is InChI=1S/C16H13F6N3O2/c1-9(2)27-13(26)3-4-25-8-23-14(24-25)10-5-11(15(17,18)19)7-12(6-10)16(20,21)22/h3-9H,1-2H3. The number of aromatic nitrogens is 3. The minimum absolute atomic E-state index is 0.0162. The van der Waals surface area contributed by atoms with Crippen LogP contribution >= 0.6 is 0 Å². The Balaban J connectivity index is 2.37. The first-order chi connectivity index (χ1) is 12.4. The maximum absolute atomic E-state index is 12.9. The number of carbonyl (C=O) groups is 1. The lowest BCUT2D eigenvalue weighted by Crippen LogP contribution is -2.11. The largest absolute Gasteiger partial charge is 0.460 e. The molecule has 146 valence electrons. The Morgan fingerprint density at radius 2 is 1.63 bits per heavy atom. The Kier molecular flexibility index (Phi) is 5.62. The van der Waals surface area contributed by atoms with Crippen LogP contribution in [0.15, 0.2) is 30.6 Å². The van der Waals surface area contributed by atoms with Crippen molar-refractivity contribution in [1.29, 1.82) is 0 Å². The van der Waals surface area contributed by atoms with Gasteiger partial charge in [0.05, 0.1) is 17.2 Å². The summed E-state index contributed by atoms with van der Waals surface area (Å²) < 4.78 is 83.2. The first-order valence-corrected chi connectivity index (χ1v) is 7.46. The van der Waals surface area contributed by atoms with Gasteiger partial charge in [0, 0.05) is 17.8 Å². The van der Waals surface area contributed by atoms with E-state index in [0.29, 0.717) is 12.1 Å². The third-order valence-electron chi connectivity index (χ3n) is 3.07. The van der Waals surface area contributed by atoms with Gasteiger partial charge in [-0.3, -0.25) is 0 Å². The quantitative estimate of drug-likeness (QED) is 0.439. The average Bonchev–Trinajstić information content (AvgIpc) is 2.99. The van der Waals surface area contributed by atoms with Gasteiger partial charge in [0.2, 0.25) is 0 Å². The third kappa shape index (κ3) is 5.56. The zero-order valence-corrected chi connectivity index (χ0v) is 14.0. The van der Waals surface area contributed by atoms with Crippen molar-refractivity contribution in [2.45, 2.75) is 32.3 Å². The molecule has 1 aromatic heterocycles. The highest BCUT2D eigenvalue weighted by Gasteiger charge is 2.37. The van der Waals surface area contributed by atoms with Crippen LogP contribution < -0.4 is 0 Å². The summed E-state index contributed by atoms with van der Waals surface area (Å²) in [4.78, 5) is 15.1. The van der Waals surface area contributed by atoms with E-state index < -0.39 is 35.0 Å². The molecule has 2 aromatic rings. The second-order valence-corrected chi connectivity index (χ2v) is 5.64. The molecule has 0 atom stereocenters. The van der Waals surface area contributed by atoms with Crippen LogP contribution in [0.1, 0.15) is 25.0 Å². The normalized spacial score (nSPS) is 12.8. The third-order valence-corrected chi connectivity index (χ3v) is 3.07. The molecule has 1 aromatic carbocycles. The summed E-state index contributed by atoms with van der Waals surface area (Å²) in [6.45, 7) is 3.26. The number of benzene rings is 1. The molecule has 27 heavy (non-hydrogen) atoms. The van der Waals surface area contributed by atoms with Gasteiger partial charge in [0.1, 0.15) is 6.33 Å². The van der Waals surface area contributed by atoms with E-state index in [4.69, 9.17) is 4.74 Å². The molecule has 0 aliphatic rings. The van der Waals surface area contributed by atoms with Crippen LogP contribution in [0, 0.1) is 0 Å². The van der Waals surface area contributed by atoms with Gasteiger partial charge >= 0.3 is 18.3 Å². The second kappa shape index (κ2) is 7.41. The van der Waals surface area contributed by atoms with Crippen LogP contribution in [0.5, 0.6) is 0 Å². The van der Waals surface area contributed by atoms with Crippen LogP contribution in [-0.4, -0.2) is 26.8 Å². The first-order valence-electron chi connectivity index (χ1n) is 7.46. The highest BCUT2D eigenvalue weighted by atomic mass is 19.4. The summed E-state index contributed by atoms with van der Waals surface area (Å²) in [5.41, 5.74) is -3.41. The zero-order valence-electron chi connectivity index (χ0n) is 14.0. The van der Waals surface area contributed by atoms with E-state index in [0.717, 1.165) is 23.3 Å². The molecule has 0 aliphatic heterocycles. The molecule has 0 spiro atoms. The lowest BCUT2D eigenvalue weighted by atomic mass is 10.0. The fourth-order valence-corrected chi connectivity index (χ4v) is 1.97. The van der Waals surface area contributed by atoms with Crippen molar-refractivity contribution in [3.05, 3.63) is 41.7 Å². The molecule has 1 heterocycles. The summed E-state index contributed by atoms with van der Waals surface area (Å²) in [6.07, 6.45) is -7.18. The Bertz CT molecular complexity index is 820. The molecule has 0 N–H and O–H groups in total. The fraction of sp³-hybridized carbons (Fsp3) is 0.312. The van der Waals surface area contributed by atoms with Crippen LogP contribution in [0.3, 0.4) is 0 Å². The van der Waals surface area contributed by atoms with E-state index in [9.17, 15) is 31.1 Å². The molecule has 0 amide bonds. The zero-order chi connectivity index (χ0) is 20.4. The Labute approximate surface area is 149 Å². The number of rotatable bonds is 4. The van der Waals surface area contributed by atoms with E-state index >= 15 is 0 Å². The summed E-state index contributed by atoms with van der Waals surface area (Å²) in [6, 6.07) is 1.06. The van der Waals surface area contributed by atoms with Crippen LogP contribution in [-0.2, 0) is 21.9 Å². The lowest BCUT2D eigenvalue weighted by Gasteiger charge is -2.13. The molecular formula is C16H13F6N3O2. The van der Waals surface area contributed by atoms with Gasteiger partial charge in [-0.25, -0.2) is 14.5 Å². The number of carbonyl (C=O) groups excluding carboxylic acids is 1. The van der Waals surface area contributed by atoms with E-state index in [-0.39, 0.29) is 18.0 Å². The van der Waals surface area contributed by atoms with Crippen LogP contribution in [0.2, 0.25) is 0 Å². The van der Waals surface area contributed by atoms with Crippen LogP contribution in [0.4, 0.5) is 26.3 Å². The second-order valence-electron chi connectivity index (χ2n) is 5.64. The van der Waals surface area contributed by atoms with Gasteiger partial charge in [-0.15, -0.1) is 5.10 Å². The molecule has 2 rings (SSSR count). The van der Waals surface area contributed by atoms with Crippen molar-refractivity contribution in [1.82, 2.24) is 14.8 Å². The molecule has 0 fully saturated rings. The highest BCUT2D eigenvalue weighted by Crippen LogP contribution is 2.37. The smallest absolute Gasteiger partial charge is 0.416 e. The molecule has 0 bridgehead atoms. The predicted octanol–water partition coefficient (Wildman–Crippen LogP) is 4.41. The lowest BCUT2D eigenvalue weighted by molar-refractivity contribution is -0.143. The molecule has 0 radical (unpaired) electrons. The van der Waals surface area contributed by atoms with Gasteiger partial charge in [0.25, 0.3) is 0 Å². The summed E-state index contributed by atoms with van der Waals surface area (Å²) in [5.74, 6) is -1.06. The molecule has 0 saturated heterocycles. The maximum Gasteiger partial charge on any atom is 0.416 e. The Morgan fingerprint density at radius 1 is 1.07 bits per heavy atom. The number of hydrogen-bond acceptors (Lipinski definition) is 4. The van der Waals surface area contributed by atoms with Crippen LogP contribution in [0.25, 0.3) is 17.6 Å². The molecule has 0 unspecified atom stereocenters. The number of ether oxygens (including phenoxy) is 1. The number of hydrogen-bond donors (Lipinski definition) is 0. The van der Waals surface area contributed by atoms with Gasteiger partial charge in [0.15, 0.2) is 5.82 Å². The van der Waals surface area contributed by atoms with Crippen molar-refractivity contribution < 1.29 is 35.9 Å². The van der Waals surface area contributed by atoms with Crippen molar-refractivity contribution in [2.75, 3.05) is 0 Å². The monoisotopic (exact) mass is 393 g/mol. The fourth-order valence-electron chi connectivity index (χ4n) is 1.97. The predicted molar refractivity (Wildman–Crippen MR) is 82.0 cm³/mol. The number of nitrogens with zero attached hydrogens (tertiary/aromatic N) is 3. The highest BCUT2D eigenvalue weighted by molar-refractivity contribution is 5.85. The van der Waals surface area contributed by atoms with Crippen molar-refractivity contribution in [3.63, 3.8) is 0 Å². The van der Waals surface area contributed by atoms with E-state index in [1.54, 1.807) is 13.8 Å². The minimum atomic E-state index is -4.97. The molecular weight excluding hydrogens is 380 g/mol. The maximum atomic E-state index is 12.9. The molecule has 0 saturated carbocycles. The summed E-state index contributed by atoms with van der Waals surface area (Å²) in [7, 11) is 0. The molecule has 5 nitrogen and oxygen atoms in total. The number of alkyl halides is 6. The SMILES string of the molecule is CC(C)OC(=O)C=Cn1cnc(-c2cc(C(F)(F)F)cc(C(F)(F)F)c2)n1. The van der Waals surface area contributed by atoms with Gasteiger partial charge in [-0.1, -0.05) is 0 Å². The van der Waals surface area contributed by atoms with Crippen molar-refractivity contribution >= 4 is 12.2 Å². The first kappa shape index (κ1) is 20.5. The number of halogens is 6. The van der Waals surface area contributed by atoms with Gasteiger partial charge in [-0.05, 0) is 32.0 Å². The van der Waals surface area contributed by atoms with Gasteiger partial charge < -0.3 is 4.74 Å². The molecule has 11 heteroatoms.